The van der Waals surface area contributed by atoms with Gasteiger partial charge >= 0.3 is 0 Å². The van der Waals surface area contributed by atoms with Crippen LogP contribution in [-0.4, -0.2) is 44.0 Å². The van der Waals surface area contributed by atoms with Crippen molar-refractivity contribution in [3.63, 3.8) is 0 Å². The van der Waals surface area contributed by atoms with Crippen LogP contribution in [0.3, 0.4) is 0 Å². The summed E-state index contributed by atoms with van der Waals surface area (Å²) in [5, 5.41) is 3.28. The molecule has 9 heteroatoms. The molecule has 2 aromatic rings. The highest BCUT2D eigenvalue weighted by Gasteiger charge is 2.33. The van der Waals surface area contributed by atoms with Gasteiger partial charge in [-0.15, -0.1) is 0 Å². The lowest BCUT2D eigenvalue weighted by Gasteiger charge is -2.31. The molecule has 1 aliphatic rings. The quantitative estimate of drug-likeness (QED) is 0.569. The fourth-order valence-electron chi connectivity index (χ4n) is 3.47. The van der Waals surface area contributed by atoms with Crippen LogP contribution in [0.15, 0.2) is 47.4 Å². The van der Waals surface area contributed by atoms with E-state index >= 15 is 0 Å². The van der Waals surface area contributed by atoms with E-state index in [9.17, 15) is 17.6 Å². The minimum atomic E-state index is -3.61. The van der Waals surface area contributed by atoms with Crippen molar-refractivity contribution in [1.82, 2.24) is 9.62 Å². The second kappa shape index (κ2) is 10.8. The summed E-state index contributed by atoms with van der Waals surface area (Å²) in [6.45, 7) is 2.93. The van der Waals surface area contributed by atoms with Crippen molar-refractivity contribution in [2.24, 2.45) is 5.92 Å². The van der Waals surface area contributed by atoms with E-state index in [1.165, 1.54) is 22.1 Å². The number of amides is 1. The fourth-order valence-corrected chi connectivity index (χ4v) is 6.19. The van der Waals surface area contributed by atoms with Crippen LogP contribution in [-0.2, 0) is 20.6 Å². The van der Waals surface area contributed by atoms with Gasteiger partial charge in [0.05, 0.1) is 10.8 Å². The Balaban J connectivity index is 1.48. The van der Waals surface area contributed by atoms with Gasteiger partial charge in [0.2, 0.25) is 15.9 Å². The zero-order valence-corrected chi connectivity index (χ0v) is 19.7. The number of hydrogen-bond donors (Lipinski definition) is 1. The predicted octanol–water partition coefficient (Wildman–Crippen LogP) is 4.24. The number of piperidine rings is 1. The monoisotopic (exact) mass is 484 g/mol. The van der Waals surface area contributed by atoms with Crippen molar-refractivity contribution < 1.29 is 17.6 Å². The van der Waals surface area contributed by atoms with E-state index in [0.29, 0.717) is 48.0 Å². The number of sulfonamides is 1. The van der Waals surface area contributed by atoms with Gasteiger partial charge < -0.3 is 5.32 Å². The smallest absolute Gasteiger partial charge is 0.243 e. The topological polar surface area (TPSA) is 66.5 Å². The summed E-state index contributed by atoms with van der Waals surface area (Å²) in [4.78, 5) is 12.8. The maximum absolute atomic E-state index is 13.8. The molecule has 3 rings (SSSR count). The highest BCUT2D eigenvalue weighted by atomic mass is 35.5. The first kappa shape index (κ1) is 24.0. The number of thioether (sulfide) groups is 1. The van der Waals surface area contributed by atoms with Crippen LogP contribution in [0, 0.1) is 18.7 Å². The largest absolute Gasteiger partial charge is 0.355 e. The van der Waals surface area contributed by atoms with Crippen molar-refractivity contribution in [3.8, 4) is 0 Å². The summed E-state index contributed by atoms with van der Waals surface area (Å²) >= 11 is 7.50. The minimum absolute atomic E-state index is 0.145. The number of halogens is 2. The Labute approximate surface area is 192 Å². The molecule has 0 aromatic heterocycles. The normalized spacial score (nSPS) is 17.5. The molecule has 0 bridgehead atoms. The molecular weight excluding hydrogens is 459 g/mol. The molecule has 1 saturated heterocycles. The molecule has 168 valence electrons. The van der Waals surface area contributed by atoms with Gasteiger partial charge in [0.25, 0.3) is 0 Å². The minimum Gasteiger partial charge on any atom is -0.355 e. The van der Waals surface area contributed by atoms with Crippen LogP contribution in [0.1, 0.15) is 24.0 Å². The molecule has 0 saturated carbocycles. The maximum Gasteiger partial charge on any atom is 0.243 e. The van der Waals surface area contributed by atoms with Crippen molar-refractivity contribution >= 4 is 39.3 Å². The summed E-state index contributed by atoms with van der Waals surface area (Å²) in [5.74, 6) is 0.177. The summed E-state index contributed by atoms with van der Waals surface area (Å²) in [7, 11) is -3.61. The van der Waals surface area contributed by atoms with E-state index in [2.05, 4.69) is 5.32 Å². The van der Waals surface area contributed by atoms with Gasteiger partial charge in [-0.3, -0.25) is 4.79 Å². The van der Waals surface area contributed by atoms with E-state index in [1.54, 1.807) is 36.4 Å². The Bertz CT molecular complexity index is 996. The van der Waals surface area contributed by atoms with Gasteiger partial charge in [0.15, 0.2) is 0 Å². The van der Waals surface area contributed by atoms with Crippen LogP contribution >= 0.6 is 23.4 Å². The van der Waals surface area contributed by atoms with E-state index < -0.39 is 10.0 Å². The van der Waals surface area contributed by atoms with E-state index in [1.807, 2.05) is 6.92 Å². The fraction of sp³-hybridized carbons (Fsp3) is 0.409. The Morgan fingerprint density at radius 2 is 2.00 bits per heavy atom. The Morgan fingerprint density at radius 3 is 2.71 bits per heavy atom. The van der Waals surface area contributed by atoms with Crippen LogP contribution in [0.25, 0.3) is 0 Å². The number of hydrogen-bond acceptors (Lipinski definition) is 4. The van der Waals surface area contributed by atoms with E-state index in [-0.39, 0.29) is 29.1 Å². The number of nitrogens with one attached hydrogen (secondary N) is 1. The number of nitrogens with zero attached hydrogens (tertiary/aromatic N) is 1. The van der Waals surface area contributed by atoms with Crippen molar-refractivity contribution in [3.05, 3.63) is 64.4 Å². The van der Waals surface area contributed by atoms with Gasteiger partial charge in [0, 0.05) is 41.7 Å². The molecule has 1 fully saturated rings. The summed E-state index contributed by atoms with van der Waals surface area (Å²) < 4.78 is 41.0. The van der Waals surface area contributed by atoms with Crippen LogP contribution in [0.2, 0.25) is 5.02 Å². The van der Waals surface area contributed by atoms with Crippen LogP contribution in [0.4, 0.5) is 4.39 Å². The van der Waals surface area contributed by atoms with Crippen molar-refractivity contribution in [1.29, 1.82) is 0 Å². The number of carbonyl (C=O) groups is 1. The molecule has 1 atom stereocenters. The SMILES string of the molecule is Cc1ccc(S(=O)(=O)N2CCC[C@H](C(=O)NCCSCc3c(F)cccc3Cl)C2)cc1. The van der Waals surface area contributed by atoms with Gasteiger partial charge in [-0.25, -0.2) is 12.8 Å². The number of carbonyl (C=O) groups excluding carboxylic acids is 1. The lowest BCUT2D eigenvalue weighted by molar-refractivity contribution is -0.125. The van der Waals surface area contributed by atoms with Gasteiger partial charge in [-0.2, -0.15) is 16.1 Å². The third kappa shape index (κ3) is 6.22. The Morgan fingerprint density at radius 1 is 1.26 bits per heavy atom. The van der Waals surface area contributed by atoms with Gasteiger partial charge in [0.1, 0.15) is 5.82 Å². The Kier molecular flexibility index (Phi) is 8.38. The first-order chi connectivity index (χ1) is 14.8. The van der Waals surface area contributed by atoms with Gasteiger partial charge in [-0.1, -0.05) is 35.4 Å². The van der Waals surface area contributed by atoms with Crippen molar-refractivity contribution in [2.75, 3.05) is 25.4 Å². The molecular formula is C22H26ClFN2O3S2. The first-order valence-corrected chi connectivity index (χ1v) is 13.1. The molecule has 31 heavy (non-hydrogen) atoms. The molecule has 0 aliphatic carbocycles. The number of rotatable bonds is 8. The molecule has 1 aliphatic heterocycles. The lowest BCUT2D eigenvalue weighted by Crippen LogP contribution is -2.45. The first-order valence-electron chi connectivity index (χ1n) is 10.1. The third-order valence-corrected chi connectivity index (χ3v) is 8.49. The Hall–Kier alpha value is -1.61. The lowest BCUT2D eigenvalue weighted by atomic mass is 9.99. The second-order valence-corrected chi connectivity index (χ2v) is 11.0. The summed E-state index contributed by atoms with van der Waals surface area (Å²) in [5.41, 5.74) is 1.45. The third-order valence-electron chi connectivity index (χ3n) is 5.27. The van der Waals surface area contributed by atoms with Gasteiger partial charge in [-0.05, 0) is 44.0 Å². The molecule has 1 heterocycles. The second-order valence-electron chi connectivity index (χ2n) is 7.56. The molecule has 0 radical (unpaired) electrons. The number of aryl methyl sites for hydroxylation is 1. The van der Waals surface area contributed by atoms with Crippen LogP contribution < -0.4 is 5.32 Å². The molecule has 5 nitrogen and oxygen atoms in total. The van der Waals surface area contributed by atoms with E-state index in [0.717, 1.165) is 5.56 Å². The highest BCUT2D eigenvalue weighted by molar-refractivity contribution is 7.98. The summed E-state index contributed by atoms with van der Waals surface area (Å²) in [6.07, 6.45) is 1.30. The molecule has 1 N–H and O–H groups in total. The molecule has 1 amide bonds. The maximum atomic E-state index is 13.8. The highest BCUT2D eigenvalue weighted by Crippen LogP contribution is 2.25. The zero-order chi connectivity index (χ0) is 22.4. The van der Waals surface area contributed by atoms with Crippen LogP contribution in [0.5, 0.6) is 0 Å². The predicted molar refractivity (Wildman–Crippen MR) is 123 cm³/mol. The van der Waals surface area contributed by atoms with Crippen molar-refractivity contribution in [2.45, 2.75) is 30.4 Å². The standard InChI is InChI=1S/C22H26ClFN2O3S2/c1-16-7-9-18(10-8-16)31(28,29)26-12-3-4-17(14-26)22(27)25-11-13-30-15-19-20(23)5-2-6-21(19)24/h2,5-10,17H,3-4,11-15H2,1H3,(H,25,27)/t17-/m0/s1. The molecule has 2 aromatic carbocycles. The molecule has 0 spiro atoms. The number of benzene rings is 2. The zero-order valence-electron chi connectivity index (χ0n) is 17.3. The summed E-state index contributed by atoms with van der Waals surface area (Å²) in [6, 6.07) is 11.4. The van der Waals surface area contributed by atoms with E-state index in [4.69, 9.17) is 11.6 Å². The average molecular weight is 485 g/mol. The molecule has 0 unspecified atom stereocenters. The average Bonchev–Trinajstić information content (AvgIpc) is 2.75.